The molecule has 1 atom stereocenters. The van der Waals surface area contributed by atoms with Crippen molar-refractivity contribution in [3.05, 3.63) is 88.8 Å². The lowest BCUT2D eigenvalue weighted by Gasteiger charge is -2.46. The lowest BCUT2D eigenvalue weighted by molar-refractivity contribution is 0.233. The van der Waals surface area contributed by atoms with Crippen LogP contribution in [0.5, 0.6) is 11.6 Å². The predicted molar refractivity (Wildman–Crippen MR) is 157 cm³/mol. The molecule has 0 saturated carbocycles. The first-order valence-electron chi connectivity index (χ1n) is 14.0. The van der Waals surface area contributed by atoms with Crippen LogP contribution in [-0.2, 0) is 13.0 Å². The third kappa shape index (κ3) is 5.78. The van der Waals surface area contributed by atoms with Crippen molar-refractivity contribution in [1.29, 1.82) is 0 Å². The van der Waals surface area contributed by atoms with Gasteiger partial charge >= 0.3 is 0 Å². The molecule has 2 aromatic carbocycles. The zero-order chi connectivity index (χ0) is 29.2. The fourth-order valence-corrected chi connectivity index (χ4v) is 5.69. The summed E-state index contributed by atoms with van der Waals surface area (Å²) in [5.41, 5.74) is 10.2. The highest BCUT2D eigenvalue weighted by Gasteiger charge is 2.33. The lowest BCUT2D eigenvalue weighted by atomic mass is 9.93. The summed E-state index contributed by atoms with van der Waals surface area (Å²) in [4.78, 5) is 13.1. The van der Waals surface area contributed by atoms with Gasteiger partial charge in [0.15, 0.2) is 5.82 Å². The zero-order valence-electron chi connectivity index (χ0n) is 23.6. The molecule has 9 nitrogen and oxygen atoms in total. The van der Waals surface area contributed by atoms with Gasteiger partial charge in [0.25, 0.3) is 0 Å². The number of hydrogen-bond acceptors (Lipinski definition) is 8. The number of anilines is 2. The highest BCUT2D eigenvalue weighted by atomic mass is 19.1. The molecular formula is C31H33F2N7O2. The first kappa shape index (κ1) is 27.6. The van der Waals surface area contributed by atoms with Gasteiger partial charge in [-0.15, -0.1) is 0 Å². The second-order valence-electron chi connectivity index (χ2n) is 10.6. The van der Waals surface area contributed by atoms with Gasteiger partial charge in [-0.2, -0.15) is 15.1 Å². The smallest absolute Gasteiger partial charge is 0.225 e. The van der Waals surface area contributed by atoms with Gasteiger partial charge in [-0.3, -0.25) is 4.90 Å². The third-order valence-electron chi connectivity index (χ3n) is 7.92. The van der Waals surface area contributed by atoms with Gasteiger partial charge in [0.2, 0.25) is 11.8 Å². The molecule has 1 saturated heterocycles. The minimum atomic E-state index is -0.518. The molecule has 0 bridgehead atoms. The molecule has 0 spiro atoms. The molecule has 218 valence electrons. The topological polar surface area (TPSA) is 94.6 Å². The second kappa shape index (κ2) is 11.8. The highest BCUT2D eigenvalue weighted by molar-refractivity contribution is 5.58. The molecule has 11 heteroatoms. The number of benzene rings is 2. The first-order valence-corrected chi connectivity index (χ1v) is 14.0. The highest BCUT2D eigenvalue weighted by Crippen LogP contribution is 2.35. The number of nitrogens with two attached hydrogens (primary N) is 1. The molecule has 2 aromatic heterocycles. The maximum Gasteiger partial charge on any atom is 0.225 e. The second-order valence-corrected chi connectivity index (χ2v) is 10.6. The number of halogens is 2. The van der Waals surface area contributed by atoms with Crippen LogP contribution >= 0.6 is 0 Å². The Hall–Kier alpha value is -4.51. The van der Waals surface area contributed by atoms with E-state index in [1.54, 1.807) is 24.1 Å². The molecule has 1 unspecified atom stereocenters. The van der Waals surface area contributed by atoms with E-state index in [4.69, 9.17) is 15.2 Å². The van der Waals surface area contributed by atoms with E-state index in [9.17, 15) is 8.78 Å². The molecule has 2 N–H and O–H groups in total. The molecule has 4 aromatic rings. The number of ether oxygens (including phenoxy) is 2. The Morgan fingerprint density at radius 1 is 1.10 bits per heavy atom. The molecule has 4 heterocycles. The molecule has 0 amide bonds. The Morgan fingerprint density at radius 3 is 2.74 bits per heavy atom. The molecular weight excluding hydrogens is 540 g/mol. The fourth-order valence-electron chi connectivity index (χ4n) is 5.69. The van der Waals surface area contributed by atoms with Gasteiger partial charge < -0.3 is 20.1 Å². The van der Waals surface area contributed by atoms with Crippen molar-refractivity contribution in [2.75, 3.05) is 43.9 Å². The Balaban J connectivity index is 1.08. The van der Waals surface area contributed by atoms with Crippen LogP contribution < -0.4 is 20.1 Å². The maximum absolute atomic E-state index is 14.3. The average Bonchev–Trinajstić information content (AvgIpc) is 3.35. The third-order valence-corrected chi connectivity index (χ3v) is 7.92. The van der Waals surface area contributed by atoms with Crippen molar-refractivity contribution in [3.8, 4) is 17.4 Å². The summed E-state index contributed by atoms with van der Waals surface area (Å²) < 4.78 is 41.0. The summed E-state index contributed by atoms with van der Waals surface area (Å²) in [5, 5.41) is 4.53. The average molecular weight is 574 g/mol. The van der Waals surface area contributed by atoms with E-state index in [0.717, 1.165) is 61.2 Å². The van der Waals surface area contributed by atoms with Gasteiger partial charge in [-0.1, -0.05) is 24.3 Å². The molecule has 2 aliphatic rings. The molecule has 0 aliphatic carbocycles. The minimum Gasteiger partial charge on any atom is -0.497 e. The number of nitrogen functional groups attached to an aromatic ring is 1. The summed E-state index contributed by atoms with van der Waals surface area (Å²) in [7, 11) is 1.63. The first-order chi connectivity index (χ1) is 20.4. The number of hydrogen-bond donors (Lipinski definition) is 1. The van der Waals surface area contributed by atoms with Gasteiger partial charge in [0, 0.05) is 61.2 Å². The summed E-state index contributed by atoms with van der Waals surface area (Å²) >= 11 is 0. The lowest BCUT2D eigenvalue weighted by Crippen LogP contribution is -2.55. The largest absolute Gasteiger partial charge is 0.497 e. The molecule has 42 heavy (non-hydrogen) atoms. The zero-order valence-corrected chi connectivity index (χ0v) is 23.6. The van der Waals surface area contributed by atoms with Gasteiger partial charge in [0.05, 0.1) is 19.0 Å². The van der Waals surface area contributed by atoms with Crippen molar-refractivity contribution in [1.82, 2.24) is 24.6 Å². The number of aromatic nitrogens is 4. The van der Waals surface area contributed by atoms with Crippen molar-refractivity contribution < 1.29 is 18.3 Å². The van der Waals surface area contributed by atoms with Crippen molar-refractivity contribution >= 4 is 17.7 Å². The molecule has 1 fully saturated rings. The van der Waals surface area contributed by atoms with Crippen LogP contribution in [0.2, 0.25) is 0 Å². The maximum atomic E-state index is 14.3. The van der Waals surface area contributed by atoms with Crippen LogP contribution in [0.3, 0.4) is 0 Å². The number of fused-ring (bicyclic) bond motifs is 3. The Labute approximate surface area is 243 Å². The van der Waals surface area contributed by atoms with Crippen LogP contribution in [0.1, 0.15) is 28.8 Å². The number of methoxy groups -OCH3 is 1. The minimum absolute atomic E-state index is 0.0965. The van der Waals surface area contributed by atoms with Crippen LogP contribution in [0.15, 0.2) is 54.7 Å². The standard InChI is InChI=1S/C31H33F2N7O2/c1-20-22(4-3-11-38-12-13-39-24(18-38)7-10-26-27(33)14-23(32)15-28(26)39)17-35-40(20)29-16-30(37-31(34)36-29)42-19-21-5-8-25(41-2)9-6-21/h3-6,8-9,14-17,24H,7,10-13,18-19H2,1-2H3,(H2,34,36,37)/b4-3+. The van der Waals surface area contributed by atoms with Crippen molar-refractivity contribution in [2.24, 2.45) is 0 Å². The SMILES string of the molecule is COc1ccc(COc2cc(-n3ncc(/C=C/CN4CCN5c6cc(F)cc(F)c6CCC5C4)c3C)nc(N)n2)cc1. The Morgan fingerprint density at radius 2 is 1.93 bits per heavy atom. The Bertz CT molecular complexity index is 1610. The van der Waals surface area contributed by atoms with Crippen LogP contribution in [0, 0.1) is 18.6 Å². The molecule has 6 rings (SSSR count). The van der Waals surface area contributed by atoms with E-state index in [0.29, 0.717) is 36.0 Å². The van der Waals surface area contributed by atoms with Crippen LogP contribution in [0.4, 0.5) is 20.4 Å². The summed E-state index contributed by atoms with van der Waals surface area (Å²) in [5.74, 6) is 0.794. The van der Waals surface area contributed by atoms with E-state index in [-0.39, 0.29) is 12.0 Å². The summed E-state index contributed by atoms with van der Waals surface area (Å²) in [6.07, 6.45) is 7.46. The number of rotatable bonds is 8. The summed E-state index contributed by atoms with van der Waals surface area (Å²) in [6.45, 7) is 5.46. The normalized spacial score (nSPS) is 16.9. The van der Waals surface area contributed by atoms with Crippen molar-refractivity contribution in [2.45, 2.75) is 32.4 Å². The number of piperazine rings is 1. The predicted octanol–water partition coefficient (Wildman–Crippen LogP) is 4.57. The molecule has 0 radical (unpaired) electrons. The fraction of sp³-hybridized carbons (Fsp3) is 0.323. The monoisotopic (exact) mass is 573 g/mol. The van der Waals surface area contributed by atoms with Gasteiger partial charge in [-0.05, 0) is 43.5 Å². The van der Waals surface area contributed by atoms with Crippen LogP contribution in [-0.4, -0.2) is 64.0 Å². The van der Waals surface area contributed by atoms with E-state index in [1.165, 1.54) is 6.07 Å². The van der Waals surface area contributed by atoms with E-state index in [2.05, 4.69) is 37.0 Å². The summed E-state index contributed by atoms with van der Waals surface area (Å²) in [6, 6.07) is 12.0. The van der Waals surface area contributed by atoms with Gasteiger partial charge in [-0.25, -0.2) is 13.5 Å². The van der Waals surface area contributed by atoms with E-state index < -0.39 is 11.6 Å². The van der Waals surface area contributed by atoms with E-state index in [1.807, 2.05) is 31.2 Å². The molecule has 2 aliphatic heterocycles. The van der Waals surface area contributed by atoms with Crippen molar-refractivity contribution in [3.63, 3.8) is 0 Å². The quantitative estimate of drug-likeness (QED) is 0.328. The van der Waals surface area contributed by atoms with E-state index >= 15 is 0 Å². The Kier molecular flexibility index (Phi) is 7.75. The van der Waals surface area contributed by atoms with Gasteiger partial charge in [0.1, 0.15) is 24.0 Å². The van der Waals surface area contributed by atoms with Crippen LogP contribution in [0.25, 0.3) is 11.9 Å². The number of nitrogens with zero attached hydrogens (tertiary/aromatic N) is 6.